The number of benzene rings is 1. The van der Waals surface area contributed by atoms with Crippen LogP contribution in [0.1, 0.15) is 119 Å². The number of para-hydroxylation sites is 1. The highest BCUT2D eigenvalue weighted by Crippen LogP contribution is 2.43. The van der Waals surface area contributed by atoms with Crippen LogP contribution in [0.25, 0.3) is 10.9 Å². The Balaban J connectivity index is 1.58. The minimum absolute atomic E-state index is 0.0486. The molecule has 17 nitrogen and oxygen atoms in total. The smallest absolute Gasteiger partial charge is 0.338 e. The third-order valence-electron chi connectivity index (χ3n) is 15.3. The molecule has 388 valence electrons. The topological polar surface area (TPSA) is 208 Å². The number of carbonyl (C=O) groups is 4. The van der Waals surface area contributed by atoms with Crippen LogP contribution in [0.15, 0.2) is 36.5 Å². The molecule has 1 aromatic carbocycles. The third kappa shape index (κ3) is 12.5. The number of cyclic esters (lactones) is 1. The quantitative estimate of drug-likeness (QED) is 0.173. The third-order valence-corrected chi connectivity index (χ3v) is 15.3. The molecule has 2 aromatic rings. The number of rotatable bonds is 13. The fourth-order valence-electron chi connectivity index (χ4n) is 11.2. The van der Waals surface area contributed by atoms with Gasteiger partial charge in [-0.3, -0.25) is 19.4 Å². The molecule has 0 aliphatic carbocycles. The maximum Gasteiger partial charge on any atom is 0.338 e. The Bertz CT molecular complexity index is 2060. The summed E-state index contributed by atoms with van der Waals surface area (Å²) in [6, 6.07) is 8.49. The van der Waals surface area contributed by atoms with Crippen molar-refractivity contribution in [1.82, 2.24) is 9.88 Å². The Kier molecular flexibility index (Phi) is 19.0. The lowest BCUT2D eigenvalue weighted by atomic mass is 9.69. The van der Waals surface area contributed by atoms with Gasteiger partial charge >= 0.3 is 17.9 Å². The van der Waals surface area contributed by atoms with Gasteiger partial charge < -0.3 is 57.7 Å². The maximum atomic E-state index is 14.9. The second kappa shape index (κ2) is 23.3. The minimum atomic E-state index is -1.81. The van der Waals surface area contributed by atoms with E-state index in [2.05, 4.69) is 4.98 Å². The summed E-state index contributed by atoms with van der Waals surface area (Å²) in [6.45, 7) is 18.8. The van der Waals surface area contributed by atoms with Crippen LogP contribution in [0.4, 0.5) is 0 Å². The van der Waals surface area contributed by atoms with Gasteiger partial charge in [-0.25, -0.2) is 4.79 Å². The Hall–Kier alpha value is -3.65. The zero-order chi connectivity index (χ0) is 51.3. The van der Waals surface area contributed by atoms with Crippen LogP contribution in [0.3, 0.4) is 0 Å². The zero-order valence-electron chi connectivity index (χ0n) is 43.5. The summed E-state index contributed by atoms with van der Waals surface area (Å²) in [5.41, 5.74) is -3.22. The predicted molar refractivity (Wildman–Crippen MR) is 255 cm³/mol. The van der Waals surface area contributed by atoms with Crippen LogP contribution >= 0.6 is 0 Å². The maximum absolute atomic E-state index is 14.9. The highest BCUT2D eigenvalue weighted by molar-refractivity contribution is 6.03. The first-order chi connectivity index (χ1) is 32.3. The van der Waals surface area contributed by atoms with E-state index < -0.39 is 114 Å². The number of ketones is 1. The lowest BCUT2D eigenvalue weighted by Crippen LogP contribution is -2.61. The Morgan fingerprint density at radius 3 is 2.17 bits per heavy atom. The van der Waals surface area contributed by atoms with E-state index >= 15 is 0 Å². The average molecular weight is 973 g/mol. The number of aliphatic hydroxyl groups is 2. The average Bonchev–Trinajstić information content (AvgIpc) is 3.30. The van der Waals surface area contributed by atoms with Gasteiger partial charge in [-0.1, -0.05) is 45.9 Å². The van der Waals surface area contributed by atoms with E-state index in [4.69, 9.17) is 42.6 Å². The van der Waals surface area contributed by atoms with Gasteiger partial charge in [-0.2, -0.15) is 0 Å². The molecule has 69 heavy (non-hydrogen) atoms. The lowest BCUT2D eigenvalue weighted by molar-refractivity contribution is -0.320. The SMILES string of the molecule is CC[C@H]1OC(=O)[C@H](C)[C@@H](OC2C[C@@](C)(OC)[C@@H](OC(C)=O)[C@H](C)O2)[C@@H](C)[C@@H](O[C@@H]2O[C@H](C)C[C@H](N(C)C)[C@H]2O)[C@](C)(OC)C[C@@H](C)C(=O)C(C)[C@H](CCOC(=O)c2ccnc3ccccc23)[C@]1(C)O. The Morgan fingerprint density at radius 1 is 0.899 bits per heavy atom. The number of hydrogen-bond donors (Lipinski definition) is 2. The van der Waals surface area contributed by atoms with Crippen molar-refractivity contribution in [3.63, 3.8) is 0 Å². The number of carbonyl (C=O) groups excluding carboxylic acids is 4. The molecule has 0 bridgehead atoms. The zero-order valence-corrected chi connectivity index (χ0v) is 43.5. The lowest BCUT2D eigenvalue weighted by Gasteiger charge is -2.50. The number of esters is 3. The highest BCUT2D eigenvalue weighted by Gasteiger charge is 2.55. The first-order valence-electron chi connectivity index (χ1n) is 24.5. The molecule has 1 aromatic heterocycles. The van der Waals surface area contributed by atoms with E-state index in [-0.39, 0.29) is 50.2 Å². The van der Waals surface area contributed by atoms with Gasteiger partial charge in [-0.05, 0) is 93.5 Å². The molecule has 3 saturated heterocycles. The number of methoxy groups -OCH3 is 2. The number of pyridine rings is 1. The first-order valence-corrected chi connectivity index (χ1v) is 24.5. The first kappa shape index (κ1) is 56.3. The van der Waals surface area contributed by atoms with Gasteiger partial charge in [0.25, 0.3) is 0 Å². The second-order valence-corrected chi connectivity index (χ2v) is 20.7. The number of ether oxygens (including phenoxy) is 9. The second-order valence-electron chi connectivity index (χ2n) is 20.7. The van der Waals surface area contributed by atoms with E-state index in [1.165, 1.54) is 27.3 Å². The standard InChI is InChI=1S/C52H80N2O15/c1-16-40-52(11,60)37(22-24-63-48(59)36-21-23-53-38-20-18-17-19-35(36)38)30(4)42(56)28(2)26-50(9,61-14)45(69-49-43(57)39(54(12)13)25-29(3)64-49)31(5)44(32(6)47(58)67-40)68-41-27-51(10,62-15)46(33(7)65-41)66-34(8)55/h17-21,23,28-33,37,39-41,43-46,49,57,60H,16,22,24-27H2,1-15H3/t28-,29-,30?,31-,32-,33+,37+,39+,40-,41?,43-,44+,45-,46+,49+,50-,51-,52+/m1/s1. The number of likely N-dealkylation sites (N-methyl/N-ethyl adjacent to an activating group) is 1. The predicted octanol–water partition coefficient (Wildman–Crippen LogP) is 6.06. The van der Waals surface area contributed by atoms with E-state index in [1.807, 2.05) is 51.9 Å². The van der Waals surface area contributed by atoms with Crippen molar-refractivity contribution in [3.05, 3.63) is 42.1 Å². The molecule has 0 saturated carbocycles. The summed E-state index contributed by atoms with van der Waals surface area (Å²) in [4.78, 5) is 61.9. The van der Waals surface area contributed by atoms with E-state index in [0.717, 1.165) is 0 Å². The van der Waals surface area contributed by atoms with Crippen molar-refractivity contribution in [2.75, 3.05) is 34.9 Å². The molecule has 5 rings (SSSR count). The molecular formula is C52H80N2O15. The molecule has 3 fully saturated rings. The molecule has 4 heterocycles. The van der Waals surface area contributed by atoms with Crippen LogP contribution in [0.2, 0.25) is 0 Å². The molecule has 0 amide bonds. The Labute approximate surface area is 408 Å². The van der Waals surface area contributed by atoms with Gasteiger partial charge in [0.15, 0.2) is 18.7 Å². The number of hydrogen-bond acceptors (Lipinski definition) is 17. The largest absolute Gasteiger partial charge is 0.462 e. The number of nitrogens with zero attached hydrogens (tertiary/aromatic N) is 2. The van der Waals surface area contributed by atoms with E-state index in [1.54, 1.807) is 66.7 Å². The number of aromatic nitrogens is 1. The number of Topliss-reactive ketones (excluding diaryl/α,β-unsaturated/α-hetero) is 1. The summed E-state index contributed by atoms with van der Waals surface area (Å²) in [5, 5.41) is 25.2. The molecule has 2 N–H and O–H groups in total. The van der Waals surface area contributed by atoms with Crippen molar-refractivity contribution >= 4 is 34.6 Å². The molecule has 3 aliphatic heterocycles. The van der Waals surface area contributed by atoms with Crippen LogP contribution in [-0.2, 0) is 57.0 Å². The summed E-state index contributed by atoms with van der Waals surface area (Å²) >= 11 is 0. The summed E-state index contributed by atoms with van der Waals surface area (Å²) < 4.78 is 57.0. The molecule has 0 spiro atoms. The summed E-state index contributed by atoms with van der Waals surface area (Å²) in [7, 11) is 6.80. The minimum Gasteiger partial charge on any atom is -0.462 e. The normalized spacial score (nSPS) is 39.7. The van der Waals surface area contributed by atoms with Gasteiger partial charge in [-0.15, -0.1) is 0 Å². The van der Waals surface area contributed by atoms with Crippen molar-refractivity contribution in [2.24, 2.45) is 29.6 Å². The van der Waals surface area contributed by atoms with Gasteiger partial charge in [0.05, 0.1) is 53.6 Å². The van der Waals surface area contributed by atoms with Crippen LogP contribution in [0, 0.1) is 29.6 Å². The van der Waals surface area contributed by atoms with E-state index in [0.29, 0.717) is 22.9 Å². The van der Waals surface area contributed by atoms with Crippen LogP contribution in [-0.4, -0.2) is 157 Å². The van der Waals surface area contributed by atoms with Gasteiger partial charge in [0, 0.05) is 68.9 Å². The summed E-state index contributed by atoms with van der Waals surface area (Å²) in [5.74, 6) is -6.25. The van der Waals surface area contributed by atoms with Crippen molar-refractivity contribution in [1.29, 1.82) is 0 Å². The Morgan fingerprint density at radius 2 is 1.55 bits per heavy atom. The number of aliphatic hydroxyl groups excluding tert-OH is 1. The van der Waals surface area contributed by atoms with Gasteiger partial charge in [0.2, 0.25) is 0 Å². The van der Waals surface area contributed by atoms with E-state index in [9.17, 15) is 29.4 Å². The monoisotopic (exact) mass is 973 g/mol. The molecular weight excluding hydrogens is 893 g/mol. The molecule has 2 unspecified atom stereocenters. The molecule has 3 aliphatic rings. The summed E-state index contributed by atoms with van der Waals surface area (Å²) in [6.07, 6.45) is -5.76. The fourth-order valence-corrected chi connectivity index (χ4v) is 11.2. The molecule has 0 radical (unpaired) electrons. The number of fused-ring (bicyclic) bond motifs is 1. The van der Waals surface area contributed by atoms with Crippen LogP contribution < -0.4 is 0 Å². The fraction of sp³-hybridized carbons (Fsp3) is 0.750. The van der Waals surface area contributed by atoms with Crippen molar-refractivity contribution < 1.29 is 72.0 Å². The molecule has 18 atom stereocenters. The van der Waals surface area contributed by atoms with Crippen LogP contribution in [0.5, 0.6) is 0 Å². The van der Waals surface area contributed by atoms with Crippen molar-refractivity contribution in [2.45, 2.75) is 186 Å². The molecule has 17 heteroatoms. The van der Waals surface area contributed by atoms with Gasteiger partial charge in [0.1, 0.15) is 29.2 Å². The highest BCUT2D eigenvalue weighted by atomic mass is 16.7. The van der Waals surface area contributed by atoms with Crippen molar-refractivity contribution in [3.8, 4) is 0 Å².